The van der Waals surface area contributed by atoms with Crippen molar-refractivity contribution in [3.05, 3.63) is 58.4 Å². The molecule has 0 aliphatic heterocycles. The molecule has 2 aromatic heterocycles. The Balaban J connectivity index is 1.84. The van der Waals surface area contributed by atoms with E-state index in [4.69, 9.17) is 4.42 Å². The first-order valence-corrected chi connectivity index (χ1v) is 5.65. The number of aromatic nitrogens is 1. The van der Waals surface area contributed by atoms with Gasteiger partial charge in [-0.1, -0.05) is 6.07 Å². The molecule has 90 valence electrons. The molecule has 0 saturated carbocycles. The molecule has 2 rings (SSSR count). The van der Waals surface area contributed by atoms with Crippen molar-refractivity contribution in [3.8, 4) is 0 Å². The molecule has 0 fully saturated rings. The fourth-order valence-electron chi connectivity index (χ4n) is 1.73. The van der Waals surface area contributed by atoms with Crippen LogP contribution in [-0.2, 0) is 13.1 Å². The maximum atomic E-state index is 11.6. The molecular weight excluding hydrogens is 216 g/mol. The van der Waals surface area contributed by atoms with Crippen LogP contribution in [0, 0.1) is 6.92 Å². The number of hydrogen-bond donors (Lipinski definition) is 1. The van der Waals surface area contributed by atoms with Crippen LogP contribution in [0.15, 0.2) is 46.0 Å². The smallest absolute Gasteiger partial charge is 0.250 e. The fraction of sp³-hybridized carbons (Fsp3) is 0.308. The fourth-order valence-corrected chi connectivity index (χ4v) is 1.73. The first kappa shape index (κ1) is 11.7. The van der Waals surface area contributed by atoms with Crippen LogP contribution in [0.1, 0.15) is 11.3 Å². The van der Waals surface area contributed by atoms with E-state index in [9.17, 15) is 4.79 Å². The molecule has 4 heteroatoms. The van der Waals surface area contributed by atoms with Gasteiger partial charge in [-0.05, 0) is 19.1 Å². The molecule has 2 heterocycles. The molecule has 0 unspecified atom stereocenters. The van der Waals surface area contributed by atoms with E-state index in [1.807, 2.05) is 19.1 Å². The molecule has 0 spiro atoms. The lowest BCUT2D eigenvalue weighted by molar-refractivity contribution is 0.551. The predicted octanol–water partition coefficient (Wildman–Crippen LogP) is 1.54. The molecule has 1 N–H and O–H groups in total. The Morgan fingerprint density at radius 1 is 1.35 bits per heavy atom. The monoisotopic (exact) mass is 232 g/mol. The highest BCUT2D eigenvalue weighted by Gasteiger charge is 1.98. The minimum Gasteiger partial charge on any atom is -0.472 e. The van der Waals surface area contributed by atoms with Gasteiger partial charge in [-0.3, -0.25) is 4.79 Å². The van der Waals surface area contributed by atoms with E-state index < -0.39 is 0 Å². The highest BCUT2D eigenvalue weighted by atomic mass is 16.3. The standard InChI is InChI=1S/C13H16N2O2/c1-11-3-2-4-13(16)15(11)7-6-14-9-12-5-8-17-10-12/h2-5,8,10,14H,6-7,9H2,1H3. The predicted molar refractivity (Wildman–Crippen MR) is 65.9 cm³/mol. The minimum absolute atomic E-state index is 0.0510. The summed E-state index contributed by atoms with van der Waals surface area (Å²) in [5, 5.41) is 3.27. The van der Waals surface area contributed by atoms with Gasteiger partial charge in [0.2, 0.25) is 0 Å². The van der Waals surface area contributed by atoms with Crippen molar-refractivity contribution < 1.29 is 4.42 Å². The zero-order valence-electron chi connectivity index (χ0n) is 9.85. The third kappa shape index (κ3) is 3.07. The molecule has 0 radical (unpaired) electrons. The van der Waals surface area contributed by atoms with Gasteiger partial charge in [-0.15, -0.1) is 0 Å². The lowest BCUT2D eigenvalue weighted by Gasteiger charge is -2.09. The average Bonchev–Trinajstić information content (AvgIpc) is 2.80. The van der Waals surface area contributed by atoms with Gasteiger partial charge in [0.25, 0.3) is 5.56 Å². The zero-order chi connectivity index (χ0) is 12.1. The molecule has 0 atom stereocenters. The number of aryl methyl sites for hydroxylation is 1. The van der Waals surface area contributed by atoms with Crippen molar-refractivity contribution in [1.82, 2.24) is 9.88 Å². The van der Waals surface area contributed by atoms with Crippen LogP contribution in [0.3, 0.4) is 0 Å². The Morgan fingerprint density at radius 3 is 2.94 bits per heavy atom. The van der Waals surface area contributed by atoms with Gasteiger partial charge in [-0.25, -0.2) is 0 Å². The maximum Gasteiger partial charge on any atom is 0.250 e. The Hall–Kier alpha value is -1.81. The van der Waals surface area contributed by atoms with E-state index >= 15 is 0 Å². The highest BCUT2D eigenvalue weighted by molar-refractivity contribution is 5.05. The largest absolute Gasteiger partial charge is 0.472 e. The first-order valence-electron chi connectivity index (χ1n) is 5.65. The van der Waals surface area contributed by atoms with Crippen molar-refractivity contribution in [3.63, 3.8) is 0 Å². The van der Waals surface area contributed by atoms with E-state index in [1.54, 1.807) is 29.2 Å². The number of pyridine rings is 1. The second-order valence-electron chi connectivity index (χ2n) is 3.97. The lowest BCUT2D eigenvalue weighted by atomic mass is 10.3. The average molecular weight is 232 g/mol. The summed E-state index contributed by atoms with van der Waals surface area (Å²) < 4.78 is 6.74. The van der Waals surface area contributed by atoms with Gasteiger partial charge in [0.15, 0.2) is 0 Å². The van der Waals surface area contributed by atoms with Crippen LogP contribution >= 0.6 is 0 Å². The number of rotatable bonds is 5. The van der Waals surface area contributed by atoms with Crippen LogP contribution in [0.2, 0.25) is 0 Å². The van der Waals surface area contributed by atoms with Crippen molar-refractivity contribution in [2.75, 3.05) is 6.54 Å². The van der Waals surface area contributed by atoms with Crippen molar-refractivity contribution in [2.24, 2.45) is 0 Å². The van der Waals surface area contributed by atoms with Crippen molar-refractivity contribution in [2.45, 2.75) is 20.0 Å². The minimum atomic E-state index is 0.0510. The number of furan rings is 1. The van der Waals surface area contributed by atoms with Crippen molar-refractivity contribution >= 4 is 0 Å². The summed E-state index contributed by atoms with van der Waals surface area (Å²) in [4.78, 5) is 11.6. The molecule has 4 nitrogen and oxygen atoms in total. The zero-order valence-corrected chi connectivity index (χ0v) is 9.85. The molecule has 0 aromatic carbocycles. The molecule has 0 aliphatic carbocycles. The highest BCUT2D eigenvalue weighted by Crippen LogP contribution is 1.98. The lowest BCUT2D eigenvalue weighted by Crippen LogP contribution is -2.27. The maximum absolute atomic E-state index is 11.6. The summed E-state index contributed by atoms with van der Waals surface area (Å²) in [6, 6.07) is 7.24. The van der Waals surface area contributed by atoms with Crippen LogP contribution in [0.5, 0.6) is 0 Å². The van der Waals surface area contributed by atoms with Gasteiger partial charge in [0, 0.05) is 37.0 Å². The molecule has 0 aliphatic rings. The van der Waals surface area contributed by atoms with Crippen LogP contribution in [-0.4, -0.2) is 11.1 Å². The number of hydrogen-bond acceptors (Lipinski definition) is 3. The summed E-state index contributed by atoms with van der Waals surface area (Å²) in [6.45, 7) is 4.15. The molecule has 0 saturated heterocycles. The summed E-state index contributed by atoms with van der Waals surface area (Å²) in [5.74, 6) is 0. The van der Waals surface area contributed by atoms with E-state index in [-0.39, 0.29) is 5.56 Å². The van der Waals surface area contributed by atoms with E-state index in [1.165, 1.54) is 0 Å². The molecule has 0 amide bonds. The molecule has 0 bridgehead atoms. The van der Waals surface area contributed by atoms with Gasteiger partial charge in [-0.2, -0.15) is 0 Å². The Bertz CT molecular complexity index is 514. The van der Waals surface area contributed by atoms with E-state index in [0.717, 1.165) is 24.3 Å². The van der Waals surface area contributed by atoms with E-state index in [2.05, 4.69) is 5.32 Å². The Morgan fingerprint density at radius 2 is 2.24 bits per heavy atom. The van der Waals surface area contributed by atoms with Gasteiger partial charge in [0.1, 0.15) is 0 Å². The SMILES string of the molecule is Cc1cccc(=O)n1CCNCc1ccoc1. The second-order valence-corrected chi connectivity index (χ2v) is 3.97. The number of nitrogens with one attached hydrogen (secondary N) is 1. The summed E-state index contributed by atoms with van der Waals surface area (Å²) in [5.41, 5.74) is 2.15. The van der Waals surface area contributed by atoms with Crippen LogP contribution < -0.4 is 10.9 Å². The normalized spacial score (nSPS) is 10.6. The molecule has 2 aromatic rings. The van der Waals surface area contributed by atoms with Crippen LogP contribution in [0.4, 0.5) is 0 Å². The van der Waals surface area contributed by atoms with Gasteiger partial charge >= 0.3 is 0 Å². The Kier molecular flexibility index (Phi) is 3.77. The summed E-state index contributed by atoms with van der Waals surface area (Å²) in [6.07, 6.45) is 3.37. The Labute approximate surface area is 99.9 Å². The van der Waals surface area contributed by atoms with Gasteiger partial charge in [0.05, 0.1) is 12.5 Å². The van der Waals surface area contributed by atoms with Crippen molar-refractivity contribution in [1.29, 1.82) is 0 Å². The molecular formula is C13H16N2O2. The van der Waals surface area contributed by atoms with Crippen LogP contribution in [0.25, 0.3) is 0 Å². The summed E-state index contributed by atoms with van der Waals surface area (Å²) >= 11 is 0. The van der Waals surface area contributed by atoms with Gasteiger partial charge < -0.3 is 14.3 Å². The third-order valence-electron chi connectivity index (χ3n) is 2.69. The summed E-state index contributed by atoms with van der Waals surface area (Å²) in [7, 11) is 0. The third-order valence-corrected chi connectivity index (χ3v) is 2.69. The topological polar surface area (TPSA) is 47.2 Å². The second kappa shape index (κ2) is 5.50. The van der Waals surface area contributed by atoms with E-state index in [0.29, 0.717) is 6.54 Å². The number of nitrogens with zero attached hydrogens (tertiary/aromatic N) is 1. The quantitative estimate of drug-likeness (QED) is 0.795. The first-order chi connectivity index (χ1) is 8.27. The molecule has 17 heavy (non-hydrogen) atoms.